The smallest absolute Gasteiger partial charge is 0.303 e. The SMILES string of the molecule is CC(C)(C#N)CCCN1CCC(CCC(=O)O)CC1. The van der Waals surface area contributed by atoms with Crippen LogP contribution in [0.2, 0.25) is 0 Å². The molecule has 1 aliphatic rings. The van der Waals surface area contributed by atoms with Gasteiger partial charge in [0.1, 0.15) is 0 Å². The maximum Gasteiger partial charge on any atom is 0.303 e. The molecule has 4 heteroatoms. The lowest BCUT2D eigenvalue weighted by atomic mass is 9.89. The second-order valence-electron chi connectivity index (χ2n) is 6.32. The third kappa shape index (κ3) is 6.58. The van der Waals surface area contributed by atoms with Crippen molar-refractivity contribution < 1.29 is 9.90 Å². The van der Waals surface area contributed by atoms with Crippen molar-refractivity contribution in [2.75, 3.05) is 19.6 Å². The number of hydrogen-bond donors (Lipinski definition) is 1. The molecular weight excluding hydrogens is 240 g/mol. The maximum absolute atomic E-state index is 10.5. The van der Waals surface area contributed by atoms with Crippen molar-refractivity contribution in [2.45, 2.75) is 52.4 Å². The first-order valence-electron chi connectivity index (χ1n) is 7.28. The van der Waals surface area contributed by atoms with Gasteiger partial charge >= 0.3 is 5.97 Å². The highest BCUT2D eigenvalue weighted by Gasteiger charge is 2.21. The van der Waals surface area contributed by atoms with E-state index in [0.717, 1.165) is 51.7 Å². The molecule has 0 bridgehead atoms. The molecule has 108 valence electrons. The predicted molar refractivity (Wildman–Crippen MR) is 74.7 cm³/mol. The lowest BCUT2D eigenvalue weighted by Gasteiger charge is -2.32. The molecule has 4 nitrogen and oxygen atoms in total. The Bertz CT molecular complexity index is 326. The molecule has 0 radical (unpaired) electrons. The number of piperidine rings is 1. The molecule has 0 aromatic carbocycles. The van der Waals surface area contributed by atoms with Crippen LogP contribution in [0.25, 0.3) is 0 Å². The van der Waals surface area contributed by atoms with Gasteiger partial charge in [0.25, 0.3) is 0 Å². The lowest BCUT2D eigenvalue weighted by Crippen LogP contribution is -2.34. The Morgan fingerprint density at radius 2 is 2.05 bits per heavy atom. The predicted octanol–water partition coefficient (Wildman–Crippen LogP) is 2.89. The van der Waals surface area contributed by atoms with Crippen LogP contribution in [0.1, 0.15) is 52.4 Å². The number of likely N-dealkylation sites (tertiary alicyclic amines) is 1. The van der Waals surface area contributed by atoms with Crippen LogP contribution in [0.15, 0.2) is 0 Å². The Morgan fingerprint density at radius 3 is 2.58 bits per heavy atom. The Labute approximate surface area is 116 Å². The van der Waals surface area contributed by atoms with E-state index >= 15 is 0 Å². The number of nitrogens with zero attached hydrogens (tertiary/aromatic N) is 2. The Kier molecular flexibility index (Phi) is 6.30. The highest BCUT2D eigenvalue weighted by molar-refractivity contribution is 5.66. The summed E-state index contributed by atoms with van der Waals surface area (Å²) in [4.78, 5) is 13.0. The van der Waals surface area contributed by atoms with Crippen LogP contribution in [0.5, 0.6) is 0 Å². The molecule has 0 aliphatic carbocycles. The minimum Gasteiger partial charge on any atom is -0.481 e. The van der Waals surface area contributed by atoms with E-state index in [1.807, 2.05) is 13.8 Å². The normalized spacial score (nSPS) is 18.2. The summed E-state index contributed by atoms with van der Waals surface area (Å²) in [5.74, 6) is -0.0935. The Hall–Kier alpha value is -1.08. The van der Waals surface area contributed by atoms with Gasteiger partial charge < -0.3 is 10.0 Å². The van der Waals surface area contributed by atoms with E-state index < -0.39 is 5.97 Å². The molecule has 0 aromatic rings. The summed E-state index contributed by atoms with van der Waals surface area (Å²) in [5.41, 5.74) is -0.209. The summed E-state index contributed by atoms with van der Waals surface area (Å²) in [6, 6.07) is 2.34. The van der Waals surface area contributed by atoms with Gasteiger partial charge in [0.2, 0.25) is 0 Å². The van der Waals surface area contributed by atoms with Crippen LogP contribution in [-0.4, -0.2) is 35.6 Å². The highest BCUT2D eigenvalue weighted by atomic mass is 16.4. The van der Waals surface area contributed by atoms with Crippen LogP contribution in [0, 0.1) is 22.7 Å². The van der Waals surface area contributed by atoms with Crippen molar-refractivity contribution in [3.05, 3.63) is 0 Å². The van der Waals surface area contributed by atoms with Crippen molar-refractivity contribution in [3.8, 4) is 6.07 Å². The maximum atomic E-state index is 10.5. The molecule has 0 aromatic heterocycles. The first-order chi connectivity index (χ1) is 8.93. The van der Waals surface area contributed by atoms with Crippen molar-refractivity contribution >= 4 is 5.97 Å². The molecule has 1 heterocycles. The van der Waals surface area contributed by atoms with E-state index in [9.17, 15) is 4.79 Å². The van der Waals surface area contributed by atoms with E-state index in [4.69, 9.17) is 10.4 Å². The second kappa shape index (κ2) is 7.49. The van der Waals surface area contributed by atoms with Crippen molar-refractivity contribution in [1.29, 1.82) is 5.26 Å². The van der Waals surface area contributed by atoms with Crippen molar-refractivity contribution in [2.24, 2.45) is 11.3 Å². The topological polar surface area (TPSA) is 64.3 Å². The number of carboxylic acids is 1. The monoisotopic (exact) mass is 266 g/mol. The minimum atomic E-state index is -0.679. The quantitative estimate of drug-likeness (QED) is 0.769. The van der Waals surface area contributed by atoms with Gasteiger partial charge in [-0.25, -0.2) is 0 Å². The lowest BCUT2D eigenvalue weighted by molar-refractivity contribution is -0.137. The standard InChI is InChI=1S/C15H26N2O2/c1-15(2,12-16)8-3-9-17-10-6-13(7-11-17)4-5-14(18)19/h13H,3-11H2,1-2H3,(H,18,19). The summed E-state index contributed by atoms with van der Waals surface area (Å²) < 4.78 is 0. The van der Waals surface area contributed by atoms with Gasteiger partial charge in [-0.15, -0.1) is 0 Å². The molecule has 1 aliphatic heterocycles. The first kappa shape index (κ1) is 16.0. The number of hydrogen-bond acceptors (Lipinski definition) is 3. The largest absolute Gasteiger partial charge is 0.481 e. The molecule has 1 saturated heterocycles. The van der Waals surface area contributed by atoms with Gasteiger partial charge in [-0.2, -0.15) is 5.26 Å². The molecule has 0 spiro atoms. The van der Waals surface area contributed by atoms with Crippen LogP contribution < -0.4 is 0 Å². The zero-order valence-electron chi connectivity index (χ0n) is 12.2. The first-order valence-corrected chi connectivity index (χ1v) is 7.28. The van der Waals surface area contributed by atoms with Crippen molar-refractivity contribution in [3.63, 3.8) is 0 Å². The van der Waals surface area contributed by atoms with Gasteiger partial charge in [-0.3, -0.25) is 4.79 Å². The molecule has 19 heavy (non-hydrogen) atoms. The van der Waals surface area contributed by atoms with Gasteiger partial charge in [0, 0.05) is 6.42 Å². The number of nitriles is 1. The molecule has 1 fully saturated rings. The Morgan fingerprint density at radius 1 is 1.42 bits per heavy atom. The van der Waals surface area contributed by atoms with Crippen LogP contribution in [0.3, 0.4) is 0 Å². The molecule has 0 amide bonds. The average molecular weight is 266 g/mol. The summed E-state index contributed by atoms with van der Waals surface area (Å²) >= 11 is 0. The second-order valence-corrected chi connectivity index (χ2v) is 6.32. The molecular formula is C15H26N2O2. The molecule has 0 unspecified atom stereocenters. The third-order valence-corrected chi connectivity index (χ3v) is 4.05. The van der Waals surface area contributed by atoms with Crippen LogP contribution in [-0.2, 0) is 4.79 Å². The minimum absolute atomic E-state index is 0.209. The molecule has 0 atom stereocenters. The molecule has 1 N–H and O–H groups in total. The highest BCUT2D eigenvalue weighted by Crippen LogP contribution is 2.24. The van der Waals surface area contributed by atoms with Gasteiger partial charge in [0.15, 0.2) is 0 Å². The van der Waals surface area contributed by atoms with Gasteiger partial charge in [0.05, 0.1) is 11.5 Å². The number of rotatable bonds is 7. The van der Waals surface area contributed by atoms with E-state index in [1.165, 1.54) is 0 Å². The van der Waals surface area contributed by atoms with Crippen LogP contribution in [0.4, 0.5) is 0 Å². The number of carboxylic acid groups (broad SMARTS) is 1. The number of aliphatic carboxylic acids is 1. The molecule has 0 saturated carbocycles. The fraction of sp³-hybridized carbons (Fsp3) is 0.867. The zero-order chi connectivity index (χ0) is 14.3. The van der Waals surface area contributed by atoms with Crippen LogP contribution >= 0.6 is 0 Å². The average Bonchev–Trinajstić information content (AvgIpc) is 2.37. The third-order valence-electron chi connectivity index (χ3n) is 4.05. The van der Waals surface area contributed by atoms with Crippen molar-refractivity contribution in [1.82, 2.24) is 4.90 Å². The fourth-order valence-corrected chi connectivity index (χ4v) is 2.63. The van der Waals surface area contributed by atoms with Gasteiger partial charge in [-0.1, -0.05) is 0 Å². The van der Waals surface area contributed by atoms with E-state index in [-0.39, 0.29) is 5.41 Å². The number of carbonyl (C=O) groups is 1. The van der Waals surface area contributed by atoms with E-state index in [2.05, 4.69) is 11.0 Å². The Balaban J connectivity index is 2.13. The fourth-order valence-electron chi connectivity index (χ4n) is 2.63. The van der Waals surface area contributed by atoms with E-state index in [1.54, 1.807) is 0 Å². The summed E-state index contributed by atoms with van der Waals surface area (Å²) in [6.45, 7) is 7.21. The van der Waals surface area contributed by atoms with Gasteiger partial charge in [-0.05, 0) is 71.5 Å². The molecule has 1 rings (SSSR count). The summed E-state index contributed by atoms with van der Waals surface area (Å²) in [7, 11) is 0. The summed E-state index contributed by atoms with van der Waals surface area (Å²) in [6.07, 6.45) is 5.39. The van der Waals surface area contributed by atoms with E-state index in [0.29, 0.717) is 12.3 Å². The zero-order valence-corrected chi connectivity index (χ0v) is 12.2. The summed E-state index contributed by atoms with van der Waals surface area (Å²) in [5, 5.41) is 17.6.